The van der Waals surface area contributed by atoms with Crippen molar-refractivity contribution in [3.05, 3.63) is 58.3 Å². The van der Waals surface area contributed by atoms with E-state index in [9.17, 15) is 13.2 Å². The molecule has 0 aliphatic carbocycles. The maximum atomic E-state index is 13.0. The van der Waals surface area contributed by atoms with Gasteiger partial charge in [-0.25, -0.2) is 8.42 Å². The molecule has 30 heavy (non-hydrogen) atoms. The number of rotatable bonds is 4. The molecule has 0 N–H and O–H groups in total. The highest BCUT2D eigenvalue weighted by atomic mass is 79.9. The van der Waals surface area contributed by atoms with Crippen molar-refractivity contribution >= 4 is 42.8 Å². The van der Waals surface area contributed by atoms with Crippen molar-refractivity contribution in [1.82, 2.24) is 9.21 Å². The quantitative estimate of drug-likeness (QED) is 0.555. The van der Waals surface area contributed by atoms with Crippen molar-refractivity contribution < 1.29 is 22.4 Å². The van der Waals surface area contributed by atoms with E-state index in [2.05, 4.69) is 15.9 Å². The van der Waals surface area contributed by atoms with Crippen LogP contribution in [0.4, 0.5) is 0 Å². The van der Waals surface area contributed by atoms with Gasteiger partial charge in [-0.05, 0) is 43.3 Å². The second kappa shape index (κ2) is 8.05. The molecule has 9 heteroatoms. The molecule has 1 fully saturated rings. The number of aryl methyl sites for hydroxylation is 1. The summed E-state index contributed by atoms with van der Waals surface area (Å²) in [5.74, 6) is 0.737. The smallest absolute Gasteiger partial charge is 0.289 e. The van der Waals surface area contributed by atoms with E-state index in [1.165, 1.54) is 4.31 Å². The number of carbonyl (C=O) groups excluding carboxylic acids is 1. The number of halogens is 1. The Hall–Kier alpha value is -2.36. The van der Waals surface area contributed by atoms with Crippen LogP contribution in [-0.4, -0.2) is 56.8 Å². The minimum absolute atomic E-state index is 0.230. The van der Waals surface area contributed by atoms with Gasteiger partial charge in [0.15, 0.2) is 5.76 Å². The minimum atomic E-state index is -3.61. The summed E-state index contributed by atoms with van der Waals surface area (Å²) >= 11 is 3.31. The van der Waals surface area contributed by atoms with Crippen molar-refractivity contribution in [1.29, 1.82) is 0 Å². The first kappa shape index (κ1) is 20.9. The maximum absolute atomic E-state index is 13.0. The molecule has 0 atom stereocenters. The highest BCUT2D eigenvalue weighted by Gasteiger charge is 2.32. The number of benzene rings is 2. The highest BCUT2D eigenvalue weighted by Crippen LogP contribution is 2.30. The zero-order valence-corrected chi connectivity index (χ0v) is 19.0. The molecular weight excluding hydrogens is 472 g/mol. The predicted molar refractivity (Wildman–Crippen MR) is 116 cm³/mol. The lowest BCUT2D eigenvalue weighted by molar-refractivity contribution is 0.0667. The lowest BCUT2D eigenvalue weighted by atomic mass is 10.1. The standard InChI is InChI=1S/C21H21BrN2O5S/c1-14-18-13-16(28-2)6-7-19(18)29-20(14)21(25)23-8-10-24(11-9-23)30(26,27)17-5-3-4-15(22)12-17/h3-7,12-13H,8-11H2,1-2H3. The summed E-state index contributed by atoms with van der Waals surface area (Å²) in [5.41, 5.74) is 1.37. The minimum Gasteiger partial charge on any atom is -0.497 e. The monoisotopic (exact) mass is 492 g/mol. The third-order valence-corrected chi connectivity index (χ3v) is 7.69. The molecule has 0 bridgehead atoms. The Bertz CT molecular complexity index is 1210. The van der Waals surface area contributed by atoms with Gasteiger partial charge < -0.3 is 14.1 Å². The molecular formula is C21H21BrN2O5S. The fraction of sp³-hybridized carbons (Fsp3) is 0.286. The maximum Gasteiger partial charge on any atom is 0.289 e. The fourth-order valence-corrected chi connectivity index (χ4v) is 5.60. The van der Waals surface area contributed by atoms with Crippen LogP contribution in [0.15, 0.2) is 56.2 Å². The number of hydrogen-bond acceptors (Lipinski definition) is 5. The number of amides is 1. The zero-order valence-electron chi connectivity index (χ0n) is 16.6. The van der Waals surface area contributed by atoms with Crippen LogP contribution in [0.2, 0.25) is 0 Å². The Morgan fingerprint density at radius 3 is 2.50 bits per heavy atom. The summed E-state index contributed by atoms with van der Waals surface area (Å²) in [4.78, 5) is 14.9. The van der Waals surface area contributed by atoms with Crippen LogP contribution < -0.4 is 4.74 Å². The predicted octanol–water partition coefficient (Wildman–Crippen LogP) is 3.66. The molecule has 158 valence electrons. The van der Waals surface area contributed by atoms with Gasteiger partial charge in [0.2, 0.25) is 10.0 Å². The Balaban J connectivity index is 1.51. The average molecular weight is 493 g/mol. The summed E-state index contributed by atoms with van der Waals surface area (Å²) in [6.45, 7) is 2.89. The molecule has 1 aliphatic rings. The molecule has 1 aliphatic heterocycles. The average Bonchev–Trinajstić information content (AvgIpc) is 3.09. The summed E-state index contributed by atoms with van der Waals surface area (Å²) in [6.07, 6.45) is 0. The van der Waals surface area contributed by atoms with E-state index in [4.69, 9.17) is 9.15 Å². The Morgan fingerprint density at radius 1 is 1.10 bits per heavy atom. The molecule has 7 nitrogen and oxygen atoms in total. The first-order chi connectivity index (χ1) is 14.3. The normalized spacial score (nSPS) is 15.5. The summed E-state index contributed by atoms with van der Waals surface area (Å²) in [5, 5.41) is 0.827. The Labute approximate surface area is 183 Å². The fourth-order valence-electron chi connectivity index (χ4n) is 3.58. The molecule has 0 unspecified atom stereocenters. The summed E-state index contributed by atoms with van der Waals surface area (Å²) < 4.78 is 38.9. The number of sulfonamides is 1. The Kier molecular flexibility index (Phi) is 5.61. The first-order valence-corrected chi connectivity index (χ1v) is 11.7. The Morgan fingerprint density at radius 2 is 1.83 bits per heavy atom. The van der Waals surface area contributed by atoms with E-state index in [1.807, 2.05) is 13.0 Å². The molecule has 0 saturated carbocycles. The molecule has 1 amide bonds. The topological polar surface area (TPSA) is 80.1 Å². The molecule has 0 spiro atoms. The van der Waals surface area contributed by atoms with Gasteiger partial charge in [0.25, 0.3) is 5.91 Å². The van der Waals surface area contributed by atoms with Crippen LogP contribution in [0.5, 0.6) is 5.75 Å². The third-order valence-electron chi connectivity index (χ3n) is 5.30. The highest BCUT2D eigenvalue weighted by molar-refractivity contribution is 9.10. The van der Waals surface area contributed by atoms with Crippen molar-refractivity contribution in [2.75, 3.05) is 33.3 Å². The first-order valence-electron chi connectivity index (χ1n) is 9.43. The van der Waals surface area contributed by atoms with Gasteiger partial charge in [0.1, 0.15) is 11.3 Å². The lowest BCUT2D eigenvalue weighted by Crippen LogP contribution is -2.50. The largest absolute Gasteiger partial charge is 0.497 e. The van der Waals surface area contributed by atoms with Gasteiger partial charge in [-0.3, -0.25) is 4.79 Å². The number of carbonyl (C=O) groups is 1. The summed E-state index contributed by atoms with van der Waals surface area (Å²) in [6, 6.07) is 12.0. The van der Waals surface area contributed by atoms with E-state index < -0.39 is 10.0 Å². The van der Waals surface area contributed by atoms with Crippen LogP contribution in [0.3, 0.4) is 0 Å². The molecule has 1 saturated heterocycles. The number of methoxy groups -OCH3 is 1. The van der Waals surface area contributed by atoms with Crippen molar-refractivity contribution in [2.24, 2.45) is 0 Å². The van der Waals surface area contributed by atoms with Crippen molar-refractivity contribution in [3.8, 4) is 5.75 Å². The van der Waals surface area contributed by atoms with E-state index in [1.54, 1.807) is 48.4 Å². The second-order valence-corrected chi connectivity index (χ2v) is 9.93. The van der Waals surface area contributed by atoms with Crippen molar-refractivity contribution in [3.63, 3.8) is 0 Å². The molecule has 0 radical (unpaired) electrons. The molecule has 3 aromatic rings. The van der Waals surface area contributed by atoms with Gasteiger partial charge >= 0.3 is 0 Å². The lowest BCUT2D eigenvalue weighted by Gasteiger charge is -2.33. The number of nitrogens with zero attached hydrogens (tertiary/aromatic N) is 2. The van der Waals surface area contributed by atoms with Crippen LogP contribution in [-0.2, 0) is 10.0 Å². The molecule has 2 aromatic carbocycles. The van der Waals surface area contributed by atoms with E-state index in [-0.39, 0.29) is 29.7 Å². The zero-order chi connectivity index (χ0) is 21.5. The molecule has 4 rings (SSSR count). The van der Waals surface area contributed by atoms with Crippen LogP contribution in [0.25, 0.3) is 11.0 Å². The van der Waals surface area contributed by atoms with E-state index in [0.29, 0.717) is 28.9 Å². The van der Waals surface area contributed by atoms with Crippen LogP contribution >= 0.6 is 15.9 Å². The molecule has 1 aromatic heterocycles. The number of hydrogen-bond donors (Lipinski definition) is 0. The third kappa shape index (κ3) is 3.73. The van der Waals surface area contributed by atoms with Gasteiger partial charge in [-0.1, -0.05) is 22.0 Å². The molecule has 2 heterocycles. The van der Waals surface area contributed by atoms with E-state index in [0.717, 1.165) is 10.9 Å². The number of ether oxygens (including phenoxy) is 1. The van der Waals surface area contributed by atoms with Gasteiger partial charge in [0, 0.05) is 41.6 Å². The van der Waals surface area contributed by atoms with Crippen LogP contribution in [0.1, 0.15) is 16.1 Å². The SMILES string of the molecule is COc1ccc2oc(C(=O)N3CCN(S(=O)(=O)c4cccc(Br)c4)CC3)c(C)c2c1. The van der Waals surface area contributed by atoms with Gasteiger partial charge in [0.05, 0.1) is 12.0 Å². The number of piperazine rings is 1. The van der Waals surface area contributed by atoms with Gasteiger partial charge in [-0.2, -0.15) is 4.31 Å². The van der Waals surface area contributed by atoms with E-state index >= 15 is 0 Å². The second-order valence-electron chi connectivity index (χ2n) is 7.07. The van der Waals surface area contributed by atoms with Crippen molar-refractivity contribution in [2.45, 2.75) is 11.8 Å². The number of fused-ring (bicyclic) bond motifs is 1. The van der Waals surface area contributed by atoms with Crippen LogP contribution in [0, 0.1) is 6.92 Å². The van der Waals surface area contributed by atoms with Gasteiger partial charge in [-0.15, -0.1) is 0 Å². The number of furan rings is 1. The summed E-state index contributed by atoms with van der Waals surface area (Å²) in [7, 11) is -2.02.